The zero-order valence-corrected chi connectivity index (χ0v) is 45.4. The Morgan fingerprint density at radius 2 is 0.878 bits per heavy atom. The van der Waals surface area contributed by atoms with Crippen molar-refractivity contribution in [3.05, 3.63) is 278 Å². The molecule has 0 atom stereocenters. The van der Waals surface area contributed by atoms with Crippen LogP contribution in [0.25, 0.3) is 122 Å². The van der Waals surface area contributed by atoms with Gasteiger partial charge in [-0.2, -0.15) is 9.97 Å². The van der Waals surface area contributed by atoms with Crippen molar-refractivity contribution in [2.45, 2.75) is 26.2 Å². The van der Waals surface area contributed by atoms with Crippen molar-refractivity contribution in [3.8, 4) is 67.8 Å². The number of benzene rings is 11. The van der Waals surface area contributed by atoms with Crippen LogP contribution in [0, 0.1) is 6.92 Å². The van der Waals surface area contributed by atoms with E-state index in [2.05, 4.69) is 247 Å². The van der Waals surface area contributed by atoms with Crippen LogP contribution < -0.4 is 4.90 Å². The average molecular weight is 1050 g/mol. The lowest BCUT2D eigenvalue weighted by Gasteiger charge is -2.42. The van der Waals surface area contributed by atoms with E-state index < -0.39 is 0 Å². The van der Waals surface area contributed by atoms with E-state index in [-0.39, 0.29) is 5.41 Å². The molecule has 0 saturated carbocycles. The highest BCUT2D eigenvalue weighted by atomic mass is 16.3. The molecule has 0 bridgehead atoms. The summed E-state index contributed by atoms with van der Waals surface area (Å²) in [7, 11) is 0. The smallest absolute Gasteiger partial charge is 0.238 e. The Morgan fingerprint density at radius 1 is 0.366 bits per heavy atom. The Kier molecular flexibility index (Phi) is 10.7. The van der Waals surface area contributed by atoms with Crippen LogP contribution in [0.15, 0.2) is 265 Å². The van der Waals surface area contributed by atoms with E-state index in [4.69, 9.17) is 19.4 Å². The van der Waals surface area contributed by atoms with E-state index in [0.717, 1.165) is 83.3 Å². The van der Waals surface area contributed by atoms with E-state index in [1.54, 1.807) is 0 Å². The van der Waals surface area contributed by atoms with Crippen molar-refractivity contribution in [3.63, 3.8) is 0 Å². The average Bonchev–Trinajstić information content (AvgIpc) is 4.36. The number of aromatic nitrogens is 5. The van der Waals surface area contributed by atoms with Crippen molar-refractivity contribution >= 4 is 71.7 Å². The van der Waals surface area contributed by atoms with E-state index in [1.807, 2.05) is 48.5 Å². The molecule has 7 nitrogen and oxygen atoms in total. The van der Waals surface area contributed by atoms with Crippen LogP contribution >= 0.6 is 0 Å². The van der Waals surface area contributed by atoms with Crippen LogP contribution in [0.4, 0.5) is 17.1 Å². The number of fused-ring (bicyclic) bond motifs is 9. The van der Waals surface area contributed by atoms with Gasteiger partial charge in [0, 0.05) is 66.1 Å². The number of hydrogen-bond donors (Lipinski definition) is 0. The molecule has 0 radical (unpaired) electrons. The molecular weight excluding hydrogens is 1000 g/mol. The number of hydrogen-bond acceptors (Lipinski definition) is 5. The zero-order valence-electron chi connectivity index (χ0n) is 45.4. The summed E-state index contributed by atoms with van der Waals surface area (Å²) in [6.45, 7) is 6.96. The summed E-state index contributed by atoms with van der Waals surface area (Å²) in [5.74, 6) is 1.70. The van der Waals surface area contributed by atoms with Gasteiger partial charge in [0.2, 0.25) is 5.95 Å². The minimum Gasteiger partial charge on any atom is -0.456 e. The first-order chi connectivity index (χ1) is 40.3. The molecule has 0 N–H and O–H groups in total. The normalized spacial score (nSPS) is 12.9. The fourth-order valence-electron chi connectivity index (χ4n) is 13.0. The molecule has 0 spiro atoms. The molecule has 15 aromatic rings. The number of anilines is 3. The summed E-state index contributed by atoms with van der Waals surface area (Å²) in [6.07, 6.45) is 0. The second-order valence-corrected chi connectivity index (χ2v) is 22.0. The molecule has 0 fully saturated rings. The van der Waals surface area contributed by atoms with E-state index in [9.17, 15) is 0 Å². The number of para-hydroxylation sites is 4. The summed E-state index contributed by atoms with van der Waals surface area (Å²) >= 11 is 0. The van der Waals surface area contributed by atoms with Gasteiger partial charge >= 0.3 is 0 Å². The third-order valence-electron chi connectivity index (χ3n) is 17.0. The van der Waals surface area contributed by atoms with Crippen LogP contribution in [0.2, 0.25) is 0 Å². The summed E-state index contributed by atoms with van der Waals surface area (Å²) in [4.78, 5) is 18.4. The fraction of sp³-hybridized carbons (Fsp3) is 0.0533. The van der Waals surface area contributed by atoms with Gasteiger partial charge < -0.3 is 13.9 Å². The van der Waals surface area contributed by atoms with Crippen LogP contribution in [0.3, 0.4) is 0 Å². The molecular formula is C75H52N6O. The highest BCUT2D eigenvalue weighted by Gasteiger charge is 2.38. The Labute approximate surface area is 474 Å². The Bertz CT molecular complexity index is 5020. The largest absolute Gasteiger partial charge is 0.456 e. The van der Waals surface area contributed by atoms with E-state index in [1.165, 1.54) is 55.4 Å². The monoisotopic (exact) mass is 1050 g/mol. The minimum absolute atomic E-state index is 0.380. The zero-order chi connectivity index (χ0) is 54.6. The first-order valence-electron chi connectivity index (χ1n) is 28.0. The first kappa shape index (κ1) is 47.4. The lowest BCUT2D eigenvalue weighted by atomic mass is 9.72. The Morgan fingerprint density at radius 3 is 1.56 bits per heavy atom. The molecule has 0 aliphatic carbocycles. The molecule has 0 amide bonds. The minimum atomic E-state index is -0.380. The summed E-state index contributed by atoms with van der Waals surface area (Å²) < 4.78 is 11.0. The van der Waals surface area contributed by atoms with Crippen molar-refractivity contribution < 1.29 is 4.42 Å². The van der Waals surface area contributed by atoms with Crippen molar-refractivity contribution in [1.29, 1.82) is 0 Å². The molecule has 7 heteroatoms. The van der Waals surface area contributed by atoms with E-state index >= 15 is 0 Å². The maximum atomic E-state index is 6.38. The van der Waals surface area contributed by atoms with E-state index in [0.29, 0.717) is 17.6 Å². The highest BCUT2D eigenvalue weighted by molar-refractivity contribution is 6.12. The number of nitrogens with zero attached hydrogens (tertiary/aromatic N) is 6. The van der Waals surface area contributed by atoms with Gasteiger partial charge in [-0.25, -0.2) is 4.98 Å². The predicted octanol–water partition coefficient (Wildman–Crippen LogP) is 19.6. The van der Waals surface area contributed by atoms with Gasteiger partial charge in [-0.15, -0.1) is 0 Å². The Balaban J connectivity index is 0.851. The van der Waals surface area contributed by atoms with Crippen molar-refractivity contribution in [2.75, 3.05) is 4.90 Å². The highest BCUT2D eigenvalue weighted by Crippen LogP contribution is 2.54. The molecule has 0 unspecified atom stereocenters. The third-order valence-corrected chi connectivity index (χ3v) is 17.0. The predicted molar refractivity (Wildman–Crippen MR) is 337 cm³/mol. The first-order valence-corrected chi connectivity index (χ1v) is 28.0. The third kappa shape index (κ3) is 7.40. The van der Waals surface area contributed by atoms with Crippen molar-refractivity contribution in [2.24, 2.45) is 0 Å². The molecule has 11 aromatic carbocycles. The second kappa shape index (κ2) is 18.5. The Hall–Kier alpha value is -10.6. The summed E-state index contributed by atoms with van der Waals surface area (Å²) in [6, 6.07) is 93.4. The quantitative estimate of drug-likeness (QED) is 0.152. The summed E-state index contributed by atoms with van der Waals surface area (Å²) in [5, 5.41) is 5.57. The number of furan rings is 1. The second-order valence-electron chi connectivity index (χ2n) is 22.0. The molecule has 5 heterocycles. The van der Waals surface area contributed by atoms with Crippen molar-refractivity contribution in [1.82, 2.24) is 24.1 Å². The van der Waals surface area contributed by atoms with Crippen LogP contribution in [0.5, 0.6) is 0 Å². The SMILES string of the molecule is Cc1c(-c2ccccc2)c2cc(-c3ccc4c(c3)C(C)(C)c3cc(-c5ccc6c(c5)c5ccccc5n6-c5ccccc5)ccc3N4c3ccccc3)ccc2n1-c1nc(-c2ccccc2)nc(-c2cccc3oc4ccccc4c23)n1. The number of rotatable bonds is 8. The van der Waals surface area contributed by atoms with Gasteiger partial charge in [0.05, 0.1) is 27.9 Å². The van der Waals surface area contributed by atoms with Gasteiger partial charge in [-0.1, -0.05) is 184 Å². The fourth-order valence-corrected chi connectivity index (χ4v) is 13.0. The molecule has 82 heavy (non-hydrogen) atoms. The molecule has 16 rings (SSSR count). The van der Waals surface area contributed by atoms with Gasteiger partial charge in [0.1, 0.15) is 11.2 Å². The lowest BCUT2D eigenvalue weighted by molar-refractivity contribution is 0.632. The van der Waals surface area contributed by atoms with Gasteiger partial charge in [-0.05, 0) is 137 Å². The standard InChI is InChI=1S/C75H52N6O/c1-47-70(48-21-8-4-9-22-48)60-44-51(36-40-65(60)79(47)74-77-72(49-23-10-5-11-24-49)76-73(78-74)58-31-20-34-69-71(58)57-30-17-19-33-68(57)82-69)53-38-42-67-62(46-53)75(2,3)61-45-52(37-41-66(61)81(67)55-27-14-7-15-28-55)50-35-39-64-59(43-50)56-29-16-18-32-63(56)80(64)54-25-12-6-13-26-54/h4-46H,1-3H3. The molecule has 1 aliphatic rings. The van der Waals surface area contributed by atoms with Gasteiger partial charge in [0.15, 0.2) is 11.6 Å². The topological polar surface area (TPSA) is 64.9 Å². The molecule has 388 valence electrons. The van der Waals surface area contributed by atoms with Crippen LogP contribution in [0.1, 0.15) is 30.7 Å². The lowest BCUT2D eigenvalue weighted by Crippen LogP contribution is -2.30. The maximum Gasteiger partial charge on any atom is 0.238 e. The summed E-state index contributed by atoms with van der Waals surface area (Å²) in [5.41, 5.74) is 21.4. The molecule has 4 aromatic heterocycles. The van der Waals surface area contributed by atoms with Crippen LogP contribution in [-0.4, -0.2) is 24.1 Å². The van der Waals surface area contributed by atoms with Gasteiger partial charge in [-0.3, -0.25) is 4.57 Å². The molecule has 1 aliphatic heterocycles. The maximum absolute atomic E-state index is 6.38. The van der Waals surface area contributed by atoms with Crippen LogP contribution in [-0.2, 0) is 5.41 Å². The van der Waals surface area contributed by atoms with Gasteiger partial charge in [0.25, 0.3) is 0 Å². The molecule has 0 saturated heterocycles.